The zero-order valence-electron chi connectivity index (χ0n) is 13.3. The minimum absolute atomic E-state index is 0.569. The summed E-state index contributed by atoms with van der Waals surface area (Å²) in [5.74, 6) is 0.921. The van der Waals surface area contributed by atoms with Crippen LogP contribution in [0.3, 0.4) is 0 Å². The van der Waals surface area contributed by atoms with Gasteiger partial charge in [-0.2, -0.15) is 0 Å². The van der Waals surface area contributed by atoms with Gasteiger partial charge in [0, 0.05) is 5.69 Å². The molecule has 0 heterocycles. The Morgan fingerprint density at radius 2 is 1.82 bits per heavy atom. The standard InChI is InChI=1S/C18H22N2OS/c1-13-8-9-17(15(3)12-13)21-11-10-19-18(22)20-16-7-5-4-6-14(16)2/h4-9,12H,10-11H2,1-3H3,(H2,19,20,22). The Morgan fingerprint density at radius 1 is 1.05 bits per heavy atom. The molecule has 0 aliphatic rings. The number of nitrogens with one attached hydrogen (secondary N) is 2. The van der Waals surface area contributed by atoms with E-state index in [0.29, 0.717) is 18.3 Å². The Hall–Kier alpha value is -2.07. The summed E-state index contributed by atoms with van der Waals surface area (Å²) in [5, 5.41) is 6.96. The maximum absolute atomic E-state index is 5.77. The summed E-state index contributed by atoms with van der Waals surface area (Å²) in [6, 6.07) is 14.2. The van der Waals surface area contributed by atoms with Gasteiger partial charge in [0.1, 0.15) is 12.4 Å². The molecule has 22 heavy (non-hydrogen) atoms. The molecule has 4 heteroatoms. The van der Waals surface area contributed by atoms with E-state index in [9.17, 15) is 0 Å². The van der Waals surface area contributed by atoms with Gasteiger partial charge in [0.05, 0.1) is 6.54 Å². The van der Waals surface area contributed by atoms with Crippen LogP contribution in [0, 0.1) is 20.8 Å². The van der Waals surface area contributed by atoms with E-state index in [-0.39, 0.29) is 0 Å². The van der Waals surface area contributed by atoms with E-state index in [1.165, 1.54) is 5.56 Å². The van der Waals surface area contributed by atoms with E-state index in [0.717, 1.165) is 22.6 Å². The van der Waals surface area contributed by atoms with E-state index in [1.54, 1.807) is 0 Å². The molecule has 0 aromatic heterocycles. The van der Waals surface area contributed by atoms with E-state index in [4.69, 9.17) is 17.0 Å². The molecule has 0 aliphatic heterocycles. The van der Waals surface area contributed by atoms with Crippen molar-refractivity contribution in [2.75, 3.05) is 18.5 Å². The largest absolute Gasteiger partial charge is 0.491 e. The quantitative estimate of drug-likeness (QED) is 0.646. The molecule has 2 aromatic rings. The highest BCUT2D eigenvalue weighted by atomic mass is 32.1. The predicted octanol–water partition coefficient (Wildman–Crippen LogP) is 3.98. The van der Waals surface area contributed by atoms with Crippen molar-refractivity contribution in [2.24, 2.45) is 0 Å². The summed E-state index contributed by atoms with van der Waals surface area (Å²) < 4.78 is 5.77. The van der Waals surface area contributed by atoms with Crippen LogP contribution in [0.2, 0.25) is 0 Å². The fourth-order valence-electron chi connectivity index (χ4n) is 2.17. The number of para-hydroxylation sites is 1. The summed E-state index contributed by atoms with van der Waals surface area (Å²) in [7, 11) is 0. The summed E-state index contributed by atoms with van der Waals surface area (Å²) >= 11 is 5.29. The SMILES string of the molecule is Cc1ccc(OCCNC(=S)Nc2ccccc2C)c(C)c1. The lowest BCUT2D eigenvalue weighted by Crippen LogP contribution is -2.32. The number of hydrogen-bond acceptors (Lipinski definition) is 2. The molecular weight excluding hydrogens is 292 g/mol. The van der Waals surface area contributed by atoms with Crippen LogP contribution in [-0.4, -0.2) is 18.3 Å². The number of ether oxygens (including phenoxy) is 1. The van der Waals surface area contributed by atoms with Crippen LogP contribution >= 0.6 is 12.2 Å². The highest BCUT2D eigenvalue weighted by Gasteiger charge is 2.01. The Morgan fingerprint density at radius 3 is 2.55 bits per heavy atom. The molecule has 0 amide bonds. The smallest absolute Gasteiger partial charge is 0.170 e. The fourth-order valence-corrected chi connectivity index (χ4v) is 2.38. The van der Waals surface area contributed by atoms with Gasteiger partial charge in [-0.15, -0.1) is 0 Å². The lowest BCUT2D eigenvalue weighted by Gasteiger charge is -2.13. The van der Waals surface area contributed by atoms with Crippen molar-refractivity contribution < 1.29 is 4.74 Å². The first-order chi connectivity index (χ1) is 10.6. The van der Waals surface area contributed by atoms with Crippen molar-refractivity contribution in [1.82, 2.24) is 5.32 Å². The molecule has 2 rings (SSSR count). The van der Waals surface area contributed by atoms with Gasteiger partial charge in [0.15, 0.2) is 5.11 Å². The molecule has 0 spiro atoms. The molecule has 0 saturated heterocycles. The number of rotatable bonds is 5. The molecule has 0 atom stereocenters. The Balaban J connectivity index is 1.74. The van der Waals surface area contributed by atoms with Crippen LogP contribution in [0.4, 0.5) is 5.69 Å². The first kappa shape index (κ1) is 16.3. The van der Waals surface area contributed by atoms with E-state index in [1.807, 2.05) is 37.3 Å². The van der Waals surface area contributed by atoms with Crippen molar-refractivity contribution in [1.29, 1.82) is 0 Å². The Bertz CT molecular complexity index is 655. The zero-order valence-corrected chi connectivity index (χ0v) is 14.1. The Kier molecular flexibility index (Phi) is 5.78. The first-order valence-corrected chi connectivity index (χ1v) is 7.77. The molecule has 0 radical (unpaired) electrons. The van der Waals surface area contributed by atoms with Crippen LogP contribution in [0.5, 0.6) is 5.75 Å². The van der Waals surface area contributed by atoms with Crippen LogP contribution in [0.25, 0.3) is 0 Å². The molecule has 0 fully saturated rings. The third-order valence-corrected chi connectivity index (χ3v) is 3.62. The molecule has 2 aromatic carbocycles. The highest BCUT2D eigenvalue weighted by molar-refractivity contribution is 7.80. The topological polar surface area (TPSA) is 33.3 Å². The van der Waals surface area contributed by atoms with Gasteiger partial charge >= 0.3 is 0 Å². The second kappa shape index (κ2) is 7.80. The molecule has 0 bridgehead atoms. The van der Waals surface area contributed by atoms with E-state index in [2.05, 4.69) is 36.6 Å². The third-order valence-electron chi connectivity index (χ3n) is 3.37. The average Bonchev–Trinajstić information content (AvgIpc) is 2.48. The average molecular weight is 314 g/mol. The summed E-state index contributed by atoms with van der Waals surface area (Å²) in [5.41, 5.74) is 4.58. The molecule has 116 valence electrons. The predicted molar refractivity (Wildman–Crippen MR) is 96.8 cm³/mol. The van der Waals surface area contributed by atoms with Crippen molar-refractivity contribution in [2.45, 2.75) is 20.8 Å². The summed E-state index contributed by atoms with van der Waals surface area (Å²) in [6.07, 6.45) is 0. The molecular formula is C18H22N2OS. The van der Waals surface area contributed by atoms with Crippen molar-refractivity contribution in [3.05, 3.63) is 59.2 Å². The summed E-state index contributed by atoms with van der Waals surface area (Å²) in [4.78, 5) is 0. The molecule has 3 nitrogen and oxygen atoms in total. The third kappa shape index (κ3) is 4.74. The lowest BCUT2D eigenvalue weighted by atomic mass is 10.1. The molecule has 0 aliphatic carbocycles. The highest BCUT2D eigenvalue weighted by Crippen LogP contribution is 2.18. The van der Waals surface area contributed by atoms with Crippen molar-refractivity contribution >= 4 is 23.0 Å². The molecule has 2 N–H and O–H groups in total. The lowest BCUT2D eigenvalue weighted by molar-refractivity contribution is 0.320. The minimum Gasteiger partial charge on any atom is -0.491 e. The van der Waals surface area contributed by atoms with Gasteiger partial charge in [0.2, 0.25) is 0 Å². The number of hydrogen-bond donors (Lipinski definition) is 2. The fraction of sp³-hybridized carbons (Fsp3) is 0.278. The van der Waals surface area contributed by atoms with Gasteiger partial charge in [-0.05, 0) is 56.2 Å². The summed E-state index contributed by atoms with van der Waals surface area (Å²) in [6.45, 7) is 7.41. The second-order valence-corrected chi connectivity index (χ2v) is 5.72. The normalized spacial score (nSPS) is 10.1. The first-order valence-electron chi connectivity index (χ1n) is 7.37. The van der Waals surface area contributed by atoms with Crippen LogP contribution in [0.15, 0.2) is 42.5 Å². The van der Waals surface area contributed by atoms with Gasteiger partial charge in [-0.25, -0.2) is 0 Å². The van der Waals surface area contributed by atoms with E-state index >= 15 is 0 Å². The number of benzene rings is 2. The van der Waals surface area contributed by atoms with Crippen LogP contribution in [-0.2, 0) is 0 Å². The van der Waals surface area contributed by atoms with Crippen molar-refractivity contribution in [3.63, 3.8) is 0 Å². The van der Waals surface area contributed by atoms with Gasteiger partial charge in [-0.3, -0.25) is 0 Å². The van der Waals surface area contributed by atoms with Gasteiger partial charge < -0.3 is 15.4 Å². The van der Waals surface area contributed by atoms with E-state index < -0.39 is 0 Å². The number of aryl methyl sites for hydroxylation is 3. The monoisotopic (exact) mass is 314 g/mol. The zero-order chi connectivity index (χ0) is 15.9. The maximum atomic E-state index is 5.77. The molecule has 0 unspecified atom stereocenters. The minimum atomic E-state index is 0.569. The van der Waals surface area contributed by atoms with Crippen LogP contribution < -0.4 is 15.4 Å². The maximum Gasteiger partial charge on any atom is 0.170 e. The number of thiocarbonyl (C=S) groups is 1. The molecule has 0 saturated carbocycles. The number of anilines is 1. The van der Waals surface area contributed by atoms with Gasteiger partial charge in [0.25, 0.3) is 0 Å². The Labute approximate surface area is 137 Å². The van der Waals surface area contributed by atoms with Gasteiger partial charge in [-0.1, -0.05) is 35.9 Å². The van der Waals surface area contributed by atoms with Crippen LogP contribution in [0.1, 0.15) is 16.7 Å². The second-order valence-electron chi connectivity index (χ2n) is 5.31. The van der Waals surface area contributed by atoms with Crippen molar-refractivity contribution in [3.8, 4) is 5.75 Å².